The van der Waals surface area contributed by atoms with Gasteiger partial charge in [-0.3, -0.25) is 9.59 Å². The van der Waals surface area contributed by atoms with E-state index in [2.05, 4.69) is 32.3 Å². The van der Waals surface area contributed by atoms with Crippen LogP contribution in [0.1, 0.15) is 59.8 Å². The number of pyridine rings is 1. The highest BCUT2D eigenvalue weighted by molar-refractivity contribution is 8.00. The second kappa shape index (κ2) is 9.55. The van der Waals surface area contributed by atoms with Crippen LogP contribution in [0.4, 0.5) is 0 Å². The Morgan fingerprint density at radius 2 is 2.06 bits per heavy atom. The molecule has 3 saturated carbocycles. The summed E-state index contributed by atoms with van der Waals surface area (Å²) in [4.78, 5) is 31.7. The van der Waals surface area contributed by atoms with Crippen LogP contribution in [0, 0.1) is 34.0 Å². The molecule has 3 fully saturated rings. The molecule has 1 N–H and O–H groups in total. The number of carbonyl (C=O) groups is 2. The third-order valence-corrected chi connectivity index (χ3v) is 10.8. The SMILES string of the molecule is C=C[C@]1(C)C[C@@H](OC(=O)CSc2ccc(OC)nc2)[C@@]2(C)C3C(=O)CC[C@@]3(CC[C@H]2C)[C@@H](C)[C@@H]1O. The number of rotatable bonds is 6. The fourth-order valence-electron chi connectivity index (χ4n) is 7.41. The standard InChI is InChI=1S/C28H39NO5S/c1-7-26(4)14-21(34-23(31)16-35-19-8-9-22(33-6)29-15-19)27(5)17(2)10-12-28(18(3)25(26)32)13-11-20(30)24(27)28/h7-9,15,17-18,21,24-25,32H,1,10-14,16H2,2-6H3/t17-,18+,21-,24?,25+,26-,27+,28+/m1/s1. The summed E-state index contributed by atoms with van der Waals surface area (Å²) in [6.07, 6.45) is 6.02. The second-order valence-electron chi connectivity index (χ2n) is 11.4. The normalized spacial score (nSPS) is 40.9. The molecular formula is C28H39NO5S. The zero-order valence-corrected chi connectivity index (χ0v) is 22.4. The van der Waals surface area contributed by atoms with Crippen molar-refractivity contribution in [3.8, 4) is 5.88 Å². The van der Waals surface area contributed by atoms with E-state index in [-0.39, 0.29) is 40.7 Å². The van der Waals surface area contributed by atoms with Crippen LogP contribution in [0.2, 0.25) is 0 Å². The Bertz CT molecular complexity index is 982. The first kappa shape index (κ1) is 26.2. The van der Waals surface area contributed by atoms with Crippen molar-refractivity contribution in [1.29, 1.82) is 0 Å². The molecule has 0 aromatic carbocycles. The number of esters is 1. The highest BCUT2D eigenvalue weighted by atomic mass is 32.2. The molecule has 0 amide bonds. The summed E-state index contributed by atoms with van der Waals surface area (Å²) in [7, 11) is 1.56. The molecule has 0 saturated heterocycles. The van der Waals surface area contributed by atoms with Crippen molar-refractivity contribution in [2.45, 2.75) is 76.9 Å². The molecule has 6 nitrogen and oxygen atoms in total. The molecule has 35 heavy (non-hydrogen) atoms. The average Bonchev–Trinajstić information content (AvgIpc) is 3.21. The minimum atomic E-state index is -0.660. The van der Waals surface area contributed by atoms with Gasteiger partial charge < -0.3 is 14.6 Å². The number of Topliss-reactive ketones (excluding diaryl/α,β-unsaturated/α-hetero) is 1. The molecule has 0 radical (unpaired) electrons. The van der Waals surface area contributed by atoms with E-state index in [9.17, 15) is 14.7 Å². The van der Waals surface area contributed by atoms with E-state index in [0.29, 0.717) is 18.7 Å². The average molecular weight is 502 g/mol. The van der Waals surface area contributed by atoms with E-state index in [0.717, 1.165) is 24.2 Å². The first-order valence-electron chi connectivity index (χ1n) is 12.7. The molecule has 0 spiro atoms. The topological polar surface area (TPSA) is 85.7 Å². The molecule has 8 atom stereocenters. The number of ketones is 1. The molecule has 4 rings (SSSR count). The maximum Gasteiger partial charge on any atom is 0.316 e. The lowest BCUT2D eigenvalue weighted by atomic mass is 9.44. The molecule has 0 aliphatic heterocycles. The van der Waals surface area contributed by atoms with Crippen LogP contribution in [-0.2, 0) is 14.3 Å². The maximum absolute atomic E-state index is 13.4. The van der Waals surface area contributed by atoms with Crippen LogP contribution >= 0.6 is 11.8 Å². The lowest BCUT2D eigenvalue weighted by molar-refractivity contribution is -0.205. The highest BCUT2D eigenvalue weighted by Gasteiger charge is 2.68. The van der Waals surface area contributed by atoms with E-state index in [4.69, 9.17) is 9.47 Å². The van der Waals surface area contributed by atoms with Crippen LogP contribution < -0.4 is 4.74 Å². The van der Waals surface area contributed by atoms with Crippen LogP contribution in [0.5, 0.6) is 5.88 Å². The van der Waals surface area contributed by atoms with Crippen molar-refractivity contribution in [2.24, 2.45) is 34.0 Å². The molecule has 2 bridgehead atoms. The van der Waals surface area contributed by atoms with Crippen molar-refractivity contribution in [1.82, 2.24) is 4.98 Å². The third kappa shape index (κ3) is 4.22. The minimum Gasteiger partial charge on any atom is -0.481 e. The van der Waals surface area contributed by atoms with E-state index in [1.807, 2.05) is 19.1 Å². The van der Waals surface area contributed by atoms with Gasteiger partial charge in [0, 0.05) is 40.3 Å². The lowest BCUT2D eigenvalue weighted by Crippen LogP contribution is -2.63. The fourth-order valence-corrected chi connectivity index (χ4v) is 8.05. The molecule has 192 valence electrons. The summed E-state index contributed by atoms with van der Waals surface area (Å²) in [6.45, 7) is 12.5. The van der Waals surface area contributed by atoms with Crippen molar-refractivity contribution in [2.75, 3.05) is 12.9 Å². The number of ether oxygens (including phenoxy) is 2. The minimum absolute atomic E-state index is 0.0384. The van der Waals surface area contributed by atoms with Crippen LogP contribution in [0.15, 0.2) is 35.9 Å². The third-order valence-electron chi connectivity index (χ3n) is 9.85. The van der Waals surface area contributed by atoms with Gasteiger partial charge in [-0.2, -0.15) is 0 Å². The van der Waals surface area contributed by atoms with E-state index in [1.165, 1.54) is 11.8 Å². The Kier molecular flexibility index (Phi) is 7.15. The second-order valence-corrected chi connectivity index (χ2v) is 12.4. The molecule has 1 aromatic rings. The van der Waals surface area contributed by atoms with Crippen LogP contribution in [0.25, 0.3) is 0 Å². The Morgan fingerprint density at radius 1 is 1.31 bits per heavy atom. The van der Waals surface area contributed by atoms with Crippen molar-refractivity contribution >= 4 is 23.5 Å². The van der Waals surface area contributed by atoms with E-state index >= 15 is 0 Å². The number of aromatic nitrogens is 1. The predicted octanol–water partition coefficient (Wildman–Crippen LogP) is 5.09. The lowest BCUT2D eigenvalue weighted by Gasteiger charge is -2.61. The zero-order chi connectivity index (χ0) is 25.6. The van der Waals surface area contributed by atoms with Gasteiger partial charge in [0.05, 0.1) is 19.0 Å². The van der Waals surface area contributed by atoms with Gasteiger partial charge >= 0.3 is 5.97 Å². The molecule has 1 aromatic heterocycles. The Labute approximate surface area is 213 Å². The molecule has 3 aliphatic carbocycles. The smallest absolute Gasteiger partial charge is 0.316 e. The van der Waals surface area contributed by atoms with Crippen LogP contribution in [0.3, 0.4) is 0 Å². The first-order valence-corrected chi connectivity index (χ1v) is 13.7. The van der Waals surface area contributed by atoms with Gasteiger partial charge in [0.2, 0.25) is 5.88 Å². The zero-order valence-electron chi connectivity index (χ0n) is 21.6. The summed E-state index contributed by atoms with van der Waals surface area (Å²) in [5.74, 6) is 0.572. The molecule has 7 heteroatoms. The predicted molar refractivity (Wildman–Crippen MR) is 136 cm³/mol. The number of hydrogen-bond acceptors (Lipinski definition) is 7. The van der Waals surface area contributed by atoms with Gasteiger partial charge in [0.25, 0.3) is 0 Å². The summed E-state index contributed by atoms with van der Waals surface area (Å²) in [5.41, 5.74) is -1.39. The van der Waals surface area contributed by atoms with Gasteiger partial charge in [0.1, 0.15) is 11.9 Å². The van der Waals surface area contributed by atoms with E-state index in [1.54, 1.807) is 19.4 Å². The van der Waals surface area contributed by atoms with Gasteiger partial charge in [-0.1, -0.05) is 33.8 Å². The number of hydrogen-bond donors (Lipinski definition) is 1. The maximum atomic E-state index is 13.4. The first-order chi connectivity index (χ1) is 16.5. The number of methoxy groups -OCH3 is 1. The summed E-state index contributed by atoms with van der Waals surface area (Å²) in [6, 6.07) is 3.62. The quantitative estimate of drug-likeness (QED) is 0.330. The van der Waals surface area contributed by atoms with Crippen molar-refractivity contribution < 1.29 is 24.2 Å². The Hall–Kier alpha value is -1.86. The van der Waals surface area contributed by atoms with Gasteiger partial charge in [-0.05, 0) is 49.0 Å². The molecular weight excluding hydrogens is 462 g/mol. The number of nitrogens with zero attached hydrogens (tertiary/aromatic N) is 1. The highest BCUT2D eigenvalue weighted by Crippen LogP contribution is 2.68. The molecule has 3 aliphatic rings. The summed E-state index contributed by atoms with van der Waals surface area (Å²) < 4.78 is 11.4. The monoisotopic (exact) mass is 501 g/mol. The summed E-state index contributed by atoms with van der Waals surface area (Å²) in [5, 5.41) is 11.6. The molecule has 1 unspecified atom stereocenters. The Balaban J connectivity index is 1.65. The largest absolute Gasteiger partial charge is 0.481 e. The van der Waals surface area contributed by atoms with Gasteiger partial charge in [0.15, 0.2) is 0 Å². The molecule has 1 heterocycles. The number of carbonyl (C=O) groups excluding carboxylic acids is 2. The number of thioether (sulfide) groups is 1. The van der Waals surface area contributed by atoms with E-state index < -0.39 is 23.0 Å². The van der Waals surface area contributed by atoms with Gasteiger partial charge in [-0.25, -0.2) is 4.98 Å². The van der Waals surface area contributed by atoms with Crippen molar-refractivity contribution in [3.05, 3.63) is 31.0 Å². The Morgan fingerprint density at radius 3 is 2.69 bits per heavy atom. The number of aliphatic hydroxyl groups excluding tert-OH is 1. The number of aliphatic hydroxyl groups is 1. The van der Waals surface area contributed by atoms with Crippen molar-refractivity contribution in [3.63, 3.8) is 0 Å². The fraction of sp³-hybridized carbons (Fsp3) is 0.679. The summed E-state index contributed by atoms with van der Waals surface area (Å²) >= 11 is 1.36. The van der Waals surface area contributed by atoms with Gasteiger partial charge in [-0.15, -0.1) is 18.3 Å². The van der Waals surface area contributed by atoms with Crippen LogP contribution in [-0.4, -0.2) is 46.9 Å².